The van der Waals surface area contributed by atoms with Crippen LogP contribution in [0.15, 0.2) is 48.5 Å². The second-order valence-corrected chi connectivity index (χ2v) is 4.43. The van der Waals surface area contributed by atoms with Crippen molar-refractivity contribution >= 4 is 11.6 Å². The van der Waals surface area contributed by atoms with Gasteiger partial charge in [0.1, 0.15) is 5.82 Å². The molecule has 0 bridgehead atoms. The average molecular weight is 268 g/mol. The second kappa shape index (κ2) is 5.04. The Morgan fingerprint density at radius 1 is 1.11 bits per heavy atom. The summed E-state index contributed by atoms with van der Waals surface area (Å²) in [5.41, 5.74) is 3.69. The third-order valence-electron chi connectivity index (χ3n) is 2.87. The van der Waals surface area contributed by atoms with E-state index in [9.17, 15) is 8.78 Å². The fraction of sp³-hybridized carbons (Fsp3) is 0.143. The molecule has 0 heterocycles. The van der Waals surface area contributed by atoms with Crippen LogP contribution in [0.1, 0.15) is 11.1 Å². The monoisotopic (exact) mass is 267 g/mol. The first kappa shape index (κ1) is 13.0. The lowest BCUT2D eigenvalue weighted by Crippen LogP contribution is -2.32. The zero-order valence-corrected chi connectivity index (χ0v) is 10.3. The third-order valence-corrected chi connectivity index (χ3v) is 3.11. The van der Waals surface area contributed by atoms with Crippen molar-refractivity contribution in [1.82, 2.24) is 0 Å². The van der Waals surface area contributed by atoms with Gasteiger partial charge in [0.05, 0.1) is 0 Å². The highest BCUT2D eigenvalue weighted by Crippen LogP contribution is 2.35. The van der Waals surface area contributed by atoms with E-state index in [-0.39, 0.29) is 17.1 Å². The predicted molar refractivity (Wildman–Crippen MR) is 68.8 cm³/mol. The Morgan fingerprint density at radius 2 is 1.78 bits per heavy atom. The normalized spacial score (nSPS) is 14.2. The summed E-state index contributed by atoms with van der Waals surface area (Å²) in [5, 5.41) is 0.226. The van der Waals surface area contributed by atoms with Crippen molar-refractivity contribution in [3.05, 3.63) is 70.5 Å². The molecule has 2 aromatic rings. The Balaban J connectivity index is 2.57. The standard InChI is InChI=1S/C14H12ClF2N/c15-11-6-7-12(13(16)8-11)14(17,9-18)10-4-2-1-3-5-10/h1-8H,9,18H2. The second-order valence-electron chi connectivity index (χ2n) is 4.00. The van der Waals surface area contributed by atoms with Gasteiger partial charge in [0.2, 0.25) is 0 Å². The molecule has 2 N–H and O–H groups in total. The van der Waals surface area contributed by atoms with Gasteiger partial charge in [0, 0.05) is 17.1 Å². The van der Waals surface area contributed by atoms with E-state index < -0.39 is 11.5 Å². The summed E-state index contributed by atoms with van der Waals surface area (Å²) < 4.78 is 28.8. The molecule has 0 aliphatic rings. The van der Waals surface area contributed by atoms with Crippen molar-refractivity contribution < 1.29 is 8.78 Å². The summed E-state index contributed by atoms with van der Waals surface area (Å²) in [6, 6.07) is 12.2. The highest BCUT2D eigenvalue weighted by molar-refractivity contribution is 6.30. The molecule has 18 heavy (non-hydrogen) atoms. The maximum atomic E-state index is 15.0. The molecule has 1 nitrogen and oxygen atoms in total. The maximum Gasteiger partial charge on any atom is 0.175 e. The van der Waals surface area contributed by atoms with Gasteiger partial charge in [-0.25, -0.2) is 8.78 Å². The van der Waals surface area contributed by atoms with Crippen LogP contribution in [0.5, 0.6) is 0 Å². The van der Waals surface area contributed by atoms with Gasteiger partial charge in [-0.05, 0) is 17.7 Å². The van der Waals surface area contributed by atoms with Gasteiger partial charge in [-0.15, -0.1) is 0 Å². The van der Waals surface area contributed by atoms with E-state index in [1.165, 1.54) is 12.1 Å². The summed E-state index contributed by atoms with van der Waals surface area (Å²) in [6.07, 6.45) is 0. The highest BCUT2D eigenvalue weighted by atomic mass is 35.5. The van der Waals surface area contributed by atoms with E-state index in [2.05, 4.69) is 0 Å². The molecular formula is C14H12ClF2N. The molecule has 2 rings (SSSR count). The minimum Gasteiger partial charge on any atom is -0.327 e. The van der Waals surface area contributed by atoms with Crippen LogP contribution in [-0.2, 0) is 5.67 Å². The molecule has 2 aromatic carbocycles. The Hall–Kier alpha value is -1.45. The zero-order valence-electron chi connectivity index (χ0n) is 9.54. The van der Waals surface area contributed by atoms with E-state index in [1.807, 2.05) is 0 Å². The molecule has 94 valence electrons. The van der Waals surface area contributed by atoms with Gasteiger partial charge in [-0.3, -0.25) is 0 Å². The van der Waals surface area contributed by atoms with Crippen LogP contribution >= 0.6 is 11.6 Å². The molecule has 0 saturated carbocycles. The molecule has 0 saturated heterocycles. The molecule has 4 heteroatoms. The van der Waals surface area contributed by atoms with Crippen LogP contribution < -0.4 is 5.73 Å². The van der Waals surface area contributed by atoms with Gasteiger partial charge in [0.25, 0.3) is 0 Å². The van der Waals surface area contributed by atoms with Crippen LogP contribution in [-0.4, -0.2) is 6.54 Å². The lowest BCUT2D eigenvalue weighted by atomic mass is 9.88. The topological polar surface area (TPSA) is 26.0 Å². The molecule has 0 radical (unpaired) electrons. The van der Waals surface area contributed by atoms with Crippen LogP contribution in [0.2, 0.25) is 5.02 Å². The van der Waals surface area contributed by atoms with Gasteiger partial charge in [-0.2, -0.15) is 0 Å². The number of benzene rings is 2. The molecule has 1 unspecified atom stereocenters. The van der Waals surface area contributed by atoms with Crippen LogP contribution in [0.4, 0.5) is 8.78 Å². The lowest BCUT2D eigenvalue weighted by Gasteiger charge is -2.25. The van der Waals surface area contributed by atoms with Gasteiger partial charge < -0.3 is 5.73 Å². The molecule has 0 spiro atoms. The molecule has 0 aliphatic carbocycles. The third kappa shape index (κ3) is 2.24. The molecule has 0 aliphatic heterocycles. The first-order valence-corrected chi connectivity index (χ1v) is 5.86. The predicted octanol–water partition coefficient (Wildman–Crippen LogP) is 3.65. The van der Waals surface area contributed by atoms with E-state index in [4.69, 9.17) is 17.3 Å². The van der Waals surface area contributed by atoms with Crippen molar-refractivity contribution in [3.8, 4) is 0 Å². The summed E-state index contributed by atoms with van der Waals surface area (Å²) >= 11 is 5.66. The fourth-order valence-corrected chi connectivity index (χ4v) is 2.06. The number of hydrogen-bond acceptors (Lipinski definition) is 1. The van der Waals surface area contributed by atoms with E-state index in [1.54, 1.807) is 30.3 Å². The largest absolute Gasteiger partial charge is 0.327 e. The Kier molecular flexibility index (Phi) is 3.64. The quantitative estimate of drug-likeness (QED) is 0.903. The molecule has 0 amide bonds. The number of rotatable bonds is 3. The summed E-state index contributed by atoms with van der Waals surface area (Å²) in [5.74, 6) is -0.695. The minimum atomic E-state index is -2.05. The number of hydrogen-bond donors (Lipinski definition) is 1. The fourth-order valence-electron chi connectivity index (χ4n) is 1.90. The smallest absolute Gasteiger partial charge is 0.175 e. The van der Waals surface area contributed by atoms with Crippen molar-refractivity contribution in [1.29, 1.82) is 0 Å². The van der Waals surface area contributed by atoms with Crippen LogP contribution in [0.3, 0.4) is 0 Å². The van der Waals surface area contributed by atoms with Crippen molar-refractivity contribution in [2.24, 2.45) is 5.73 Å². The SMILES string of the molecule is NCC(F)(c1ccccc1)c1ccc(Cl)cc1F. The maximum absolute atomic E-state index is 15.0. The Morgan fingerprint density at radius 3 is 2.33 bits per heavy atom. The van der Waals surface area contributed by atoms with Crippen LogP contribution in [0, 0.1) is 5.82 Å². The number of nitrogens with two attached hydrogens (primary N) is 1. The van der Waals surface area contributed by atoms with Crippen molar-refractivity contribution in [2.45, 2.75) is 5.67 Å². The Bertz CT molecular complexity index is 545. The highest BCUT2D eigenvalue weighted by Gasteiger charge is 2.35. The van der Waals surface area contributed by atoms with Crippen molar-refractivity contribution in [2.75, 3.05) is 6.54 Å². The van der Waals surface area contributed by atoms with Crippen molar-refractivity contribution in [3.63, 3.8) is 0 Å². The van der Waals surface area contributed by atoms with E-state index in [0.717, 1.165) is 6.07 Å². The minimum absolute atomic E-state index is 0.0967. The van der Waals surface area contributed by atoms with Gasteiger partial charge >= 0.3 is 0 Å². The lowest BCUT2D eigenvalue weighted by molar-refractivity contribution is 0.225. The number of halogens is 3. The molecule has 1 atom stereocenters. The average Bonchev–Trinajstić information content (AvgIpc) is 2.39. The van der Waals surface area contributed by atoms with Gasteiger partial charge in [-0.1, -0.05) is 48.0 Å². The summed E-state index contributed by atoms with van der Waals surface area (Å²) in [6.45, 7) is -0.338. The Labute approximate surface area is 109 Å². The first-order valence-electron chi connectivity index (χ1n) is 5.48. The van der Waals surface area contributed by atoms with Crippen LogP contribution in [0.25, 0.3) is 0 Å². The van der Waals surface area contributed by atoms with E-state index >= 15 is 0 Å². The molecular weight excluding hydrogens is 256 g/mol. The molecule has 0 aromatic heterocycles. The summed E-state index contributed by atoms with van der Waals surface area (Å²) in [4.78, 5) is 0. The summed E-state index contributed by atoms with van der Waals surface area (Å²) in [7, 11) is 0. The van der Waals surface area contributed by atoms with E-state index in [0.29, 0.717) is 5.56 Å². The first-order chi connectivity index (χ1) is 8.58. The zero-order chi connectivity index (χ0) is 13.2. The van der Waals surface area contributed by atoms with Gasteiger partial charge in [0.15, 0.2) is 5.67 Å². The number of alkyl halides is 1. The molecule has 0 fully saturated rings.